The van der Waals surface area contributed by atoms with Crippen molar-refractivity contribution in [3.63, 3.8) is 0 Å². The van der Waals surface area contributed by atoms with Crippen LogP contribution in [-0.2, 0) is 4.74 Å². The lowest BCUT2D eigenvalue weighted by Gasteiger charge is -2.19. The highest BCUT2D eigenvalue weighted by Crippen LogP contribution is 2.29. The van der Waals surface area contributed by atoms with Crippen molar-refractivity contribution in [2.75, 3.05) is 0 Å². The SMILES string of the molecule is C=Cc1cccc(OC(=O)OC(C)(C)C)c1Cl. The molecule has 0 saturated heterocycles. The lowest BCUT2D eigenvalue weighted by molar-refractivity contribution is 0.0206. The van der Waals surface area contributed by atoms with Crippen molar-refractivity contribution in [1.29, 1.82) is 0 Å². The van der Waals surface area contributed by atoms with Crippen molar-refractivity contribution < 1.29 is 14.3 Å². The second-order valence-corrected chi connectivity index (χ2v) is 4.81. The molecule has 0 N–H and O–H groups in total. The highest BCUT2D eigenvalue weighted by Gasteiger charge is 2.19. The van der Waals surface area contributed by atoms with Crippen LogP contribution in [0.25, 0.3) is 6.08 Å². The number of hydrogen-bond donors (Lipinski definition) is 0. The van der Waals surface area contributed by atoms with Crippen molar-refractivity contribution in [1.82, 2.24) is 0 Å². The summed E-state index contributed by atoms with van der Waals surface area (Å²) in [5, 5.41) is 0.341. The Balaban J connectivity index is 2.82. The number of halogens is 1. The van der Waals surface area contributed by atoms with Crippen molar-refractivity contribution >= 4 is 23.8 Å². The van der Waals surface area contributed by atoms with Gasteiger partial charge in [0, 0.05) is 0 Å². The molecule has 0 fully saturated rings. The molecule has 0 aliphatic carbocycles. The van der Waals surface area contributed by atoms with Gasteiger partial charge in [-0.05, 0) is 32.4 Å². The zero-order chi connectivity index (χ0) is 13.1. The summed E-state index contributed by atoms with van der Waals surface area (Å²) in [5.41, 5.74) is 0.104. The summed E-state index contributed by atoms with van der Waals surface area (Å²) >= 11 is 6.02. The number of ether oxygens (including phenoxy) is 2. The monoisotopic (exact) mass is 254 g/mol. The molecule has 17 heavy (non-hydrogen) atoms. The number of carbonyl (C=O) groups excluding carboxylic acids is 1. The Morgan fingerprint density at radius 1 is 1.41 bits per heavy atom. The Morgan fingerprint density at radius 3 is 2.59 bits per heavy atom. The molecule has 0 saturated carbocycles. The molecule has 0 aliphatic heterocycles. The Kier molecular flexibility index (Phi) is 4.18. The van der Waals surface area contributed by atoms with E-state index in [1.54, 1.807) is 45.0 Å². The minimum Gasteiger partial charge on any atom is -0.428 e. The van der Waals surface area contributed by atoms with E-state index in [-0.39, 0.29) is 5.75 Å². The molecule has 0 unspecified atom stereocenters. The molecule has 0 aromatic heterocycles. The maximum atomic E-state index is 11.5. The van der Waals surface area contributed by atoms with E-state index in [0.29, 0.717) is 10.6 Å². The van der Waals surface area contributed by atoms with Crippen LogP contribution in [-0.4, -0.2) is 11.8 Å². The number of rotatable bonds is 2. The molecule has 0 aliphatic rings. The molecule has 0 atom stereocenters. The van der Waals surface area contributed by atoms with E-state index >= 15 is 0 Å². The maximum absolute atomic E-state index is 11.5. The van der Waals surface area contributed by atoms with Crippen LogP contribution in [0.5, 0.6) is 5.75 Å². The highest BCUT2D eigenvalue weighted by atomic mass is 35.5. The lowest BCUT2D eigenvalue weighted by atomic mass is 10.2. The maximum Gasteiger partial charge on any atom is 0.514 e. The van der Waals surface area contributed by atoms with Crippen LogP contribution >= 0.6 is 11.6 Å². The molecule has 92 valence electrons. The largest absolute Gasteiger partial charge is 0.514 e. The van der Waals surface area contributed by atoms with Gasteiger partial charge >= 0.3 is 6.16 Å². The van der Waals surface area contributed by atoms with Gasteiger partial charge in [-0.3, -0.25) is 0 Å². The fourth-order valence-electron chi connectivity index (χ4n) is 1.12. The van der Waals surface area contributed by atoms with Gasteiger partial charge in [0.25, 0.3) is 0 Å². The van der Waals surface area contributed by atoms with E-state index in [4.69, 9.17) is 21.1 Å². The quantitative estimate of drug-likeness (QED) is 0.583. The Bertz CT molecular complexity index is 433. The molecule has 4 heteroatoms. The molecule has 0 amide bonds. The first kappa shape index (κ1) is 13.6. The summed E-state index contributed by atoms with van der Waals surface area (Å²) in [6.07, 6.45) is 0.810. The molecule has 3 nitrogen and oxygen atoms in total. The Labute approximate surface area is 106 Å². The first-order valence-corrected chi connectivity index (χ1v) is 5.53. The molecular weight excluding hydrogens is 240 g/mol. The second kappa shape index (κ2) is 5.23. The summed E-state index contributed by atoms with van der Waals surface area (Å²) in [4.78, 5) is 11.5. The molecule has 0 bridgehead atoms. The first-order valence-electron chi connectivity index (χ1n) is 5.15. The molecule has 0 spiro atoms. The summed E-state index contributed by atoms with van der Waals surface area (Å²) < 4.78 is 10.0. The fourth-order valence-corrected chi connectivity index (χ4v) is 1.37. The van der Waals surface area contributed by atoms with Crippen LogP contribution in [0.4, 0.5) is 4.79 Å². The zero-order valence-electron chi connectivity index (χ0n) is 10.1. The van der Waals surface area contributed by atoms with Crippen molar-refractivity contribution in [2.24, 2.45) is 0 Å². The molecular formula is C13H15ClO3. The van der Waals surface area contributed by atoms with E-state index in [2.05, 4.69) is 6.58 Å². The van der Waals surface area contributed by atoms with Crippen LogP contribution in [0.15, 0.2) is 24.8 Å². The third-order valence-corrected chi connectivity index (χ3v) is 2.20. The lowest BCUT2D eigenvalue weighted by Crippen LogP contribution is -2.26. The van der Waals surface area contributed by atoms with Gasteiger partial charge in [0.2, 0.25) is 0 Å². The Hall–Kier alpha value is -1.48. The van der Waals surface area contributed by atoms with Crippen LogP contribution < -0.4 is 4.74 Å². The molecule has 0 radical (unpaired) electrons. The van der Waals surface area contributed by atoms with E-state index in [9.17, 15) is 4.79 Å². The predicted octanol–water partition coefficient (Wildman–Crippen LogP) is 4.30. The molecule has 1 aromatic rings. The third kappa shape index (κ3) is 4.11. The predicted molar refractivity (Wildman–Crippen MR) is 68.4 cm³/mol. The zero-order valence-corrected chi connectivity index (χ0v) is 10.9. The average molecular weight is 255 g/mol. The second-order valence-electron chi connectivity index (χ2n) is 4.43. The number of benzene rings is 1. The van der Waals surface area contributed by atoms with Gasteiger partial charge in [0.15, 0.2) is 5.75 Å². The van der Waals surface area contributed by atoms with Gasteiger partial charge in [0.1, 0.15) is 5.60 Å². The highest BCUT2D eigenvalue weighted by molar-refractivity contribution is 6.33. The van der Waals surface area contributed by atoms with Crippen molar-refractivity contribution in [3.05, 3.63) is 35.4 Å². The van der Waals surface area contributed by atoms with Gasteiger partial charge in [-0.25, -0.2) is 4.79 Å². The fraction of sp³-hybridized carbons (Fsp3) is 0.308. The van der Waals surface area contributed by atoms with Gasteiger partial charge in [-0.15, -0.1) is 0 Å². The van der Waals surface area contributed by atoms with Crippen LogP contribution in [0.3, 0.4) is 0 Å². The summed E-state index contributed by atoms with van der Waals surface area (Å²) in [6, 6.07) is 5.10. The van der Waals surface area contributed by atoms with E-state index in [1.807, 2.05) is 0 Å². The standard InChI is InChI=1S/C13H15ClO3/c1-5-9-7-6-8-10(11(9)14)16-12(15)17-13(2,3)4/h5-8H,1H2,2-4H3. The van der Waals surface area contributed by atoms with Gasteiger partial charge in [0.05, 0.1) is 5.02 Å². The third-order valence-electron chi connectivity index (χ3n) is 1.80. The van der Waals surface area contributed by atoms with Crippen LogP contribution in [0, 0.1) is 0 Å². The van der Waals surface area contributed by atoms with Gasteiger partial charge in [-0.2, -0.15) is 0 Å². The molecule has 1 aromatic carbocycles. The summed E-state index contributed by atoms with van der Waals surface area (Å²) in [7, 11) is 0. The van der Waals surface area contributed by atoms with Crippen LogP contribution in [0.1, 0.15) is 26.3 Å². The normalized spacial score (nSPS) is 10.8. The van der Waals surface area contributed by atoms with Crippen molar-refractivity contribution in [3.8, 4) is 5.75 Å². The van der Waals surface area contributed by atoms with E-state index < -0.39 is 11.8 Å². The van der Waals surface area contributed by atoms with E-state index in [0.717, 1.165) is 0 Å². The first-order chi connectivity index (χ1) is 7.83. The summed E-state index contributed by atoms with van der Waals surface area (Å²) in [6.45, 7) is 8.90. The average Bonchev–Trinajstić information content (AvgIpc) is 2.18. The Morgan fingerprint density at radius 2 is 2.06 bits per heavy atom. The molecule has 0 heterocycles. The topological polar surface area (TPSA) is 35.5 Å². The minimum atomic E-state index is -0.777. The van der Waals surface area contributed by atoms with Gasteiger partial charge in [-0.1, -0.05) is 36.4 Å². The smallest absolute Gasteiger partial charge is 0.428 e. The number of hydrogen-bond acceptors (Lipinski definition) is 3. The van der Waals surface area contributed by atoms with Crippen molar-refractivity contribution in [2.45, 2.75) is 26.4 Å². The minimum absolute atomic E-state index is 0.262. The molecule has 1 rings (SSSR count). The summed E-state index contributed by atoms with van der Waals surface area (Å²) in [5.74, 6) is 0.262. The number of carbonyl (C=O) groups is 1. The van der Waals surface area contributed by atoms with Crippen LogP contribution in [0.2, 0.25) is 5.02 Å². The van der Waals surface area contributed by atoms with Gasteiger partial charge < -0.3 is 9.47 Å². The van der Waals surface area contributed by atoms with E-state index in [1.165, 1.54) is 0 Å².